The van der Waals surface area contributed by atoms with Crippen molar-refractivity contribution in [3.63, 3.8) is 0 Å². The van der Waals surface area contributed by atoms with E-state index in [1.54, 1.807) is 22.3 Å². The Hall–Kier alpha value is -1.93. The molecule has 0 atom stereocenters. The number of carbonyl (C=O) groups excluding carboxylic acids is 1. The van der Waals surface area contributed by atoms with E-state index in [0.29, 0.717) is 5.75 Å². The van der Waals surface area contributed by atoms with Gasteiger partial charge in [0.25, 0.3) is 0 Å². The molecule has 3 aromatic rings. The Morgan fingerprint density at radius 3 is 2.96 bits per heavy atom. The van der Waals surface area contributed by atoms with Crippen molar-refractivity contribution in [1.82, 2.24) is 19.7 Å². The van der Waals surface area contributed by atoms with Gasteiger partial charge in [0.15, 0.2) is 0 Å². The monoisotopic (exact) mass is 373 g/mol. The lowest BCUT2D eigenvalue weighted by Gasteiger charge is -2.06. The zero-order chi connectivity index (χ0) is 17.6. The Kier molecular flexibility index (Phi) is 4.24. The normalized spacial score (nSPS) is 13.4. The molecule has 0 unspecified atom stereocenters. The van der Waals surface area contributed by atoms with Crippen molar-refractivity contribution in [2.45, 2.75) is 38.1 Å². The fourth-order valence-corrected chi connectivity index (χ4v) is 5.39. The Labute approximate surface area is 154 Å². The van der Waals surface area contributed by atoms with Gasteiger partial charge in [-0.05, 0) is 38.7 Å². The highest BCUT2D eigenvalue weighted by Gasteiger charge is 2.22. The van der Waals surface area contributed by atoms with Crippen molar-refractivity contribution in [2.24, 2.45) is 7.05 Å². The van der Waals surface area contributed by atoms with Crippen molar-refractivity contribution in [3.8, 4) is 0 Å². The number of amides is 1. The third kappa shape index (κ3) is 2.93. The standard InChI is InChI=1S/C17H19N5OS2/c1-9-15(10(2)22(3)21-9)20-13(23)7-24-16-14-11-5-4-6-12(11)25-17(14)19-8-18-16/h8H,4-7H2,1-3H3,(H,20,23). The lowest BCUT2D eigenvalue weighted by Crippen LogP contribution is -2.15. The van der Waals surface area contributed by atoms with Crippen LogP contribution in [0.3, 0.4) is 0 Å². The first kappa shape index (κ1) is 16.5. The average molecular weight is 374 g/mol. The summed E-state index contributed by atoms with van der Waals surface area (Å²) < 4.78 is 1.78. The molecule has 0 aromatic carbocycles. The number of aromatic nitrogens is 4. The molecule has 0 fully saturated rings. The van der Waals surface area contributed by atoms with E-state index in [1.165, 1.54) is 28.6 Å². The molecule has 0 bridgehead atoms. The van der Waals surface area contributed by atoms with Gasteiger partial charge in [-0.25, -0.2) is 9.97 Å². The molecule has 4 rings (SSSR count). The summed E-state index contributed by atoms with van der Waals surface area (Å²) in [5.41, 5.74) is 3.98. The first-order valence-corrected chi connectivity index (χ1v) is 10.0. The van der Waals surface area contributed by atoms with E-state index in [2.05, 4.69) is 20.4 Å². The summed E-state index contributed by atoms with van der Waals surface area (Å²) in [6, 6.07) is 0. The van der Waals surface area contributed by atoms with Crippen molar-refractivity contribution in [2.75, 3.05) is 11.1 Å². The molecular formula is C17H19N5OS2. The molecule has 0 saturated carbocycles. The van der Waals surface area contributed by atoms with Crippen LogP contribution in [0.1, 0.15) is 28.2 Å². The molecule has 3 aromatic heterocycles. The van der Waals surface area contributed by atoms with Crippen LogP contribution in [0.5, 0.6) is 0 Å². The number of carbonyl (C=O) groups is 1. The van der Waals surface area contributed by atoms with Gasteiger partial charge >= 0.3 is 0 Å². The van der Waals surface area contributed by atoms with E-state index in [0.717, 1.165) is 45.2 Å². The van der Waals surface area contributed by atoms with Gasteiger partial charge in [0, 0.05) is 17.3 Å². The van der Waals surface area contributed by atoms with Gasteiger partial charge in [-0.3, -0.25) is 9.48 Å². The molecule has 0 radical (unpaired) electrons. The largest absolute Gasteiger partial charge is 0.322 e. The molecule has 6 nitrogen and oxygen atoms in total. The number of hydrogen-bond donors (Lipinski definition) is 1. The lowest BCUT2D eigenvalue weighted by molar-refractivity contribution is -0.113. The van der Waals surface area contributed by atoms with Gasteiger partial charge < -0.3 is 5.32 Å². The number of thiophene rings is 1. The number of thioether (sulfide) groups is 1. The zero-order valence-electron chi connectivity index (χ0n) is 14.4. The number of hydrogen-bond acceptors (Lipinski definition) is 6. The van der Waals surface area contributed by atoms with Crippen LogP contribution < -0.4 is 5.32 Å². The third-order valence-electron chi connectivity index (χ3n) is 4.58. The summed E-state index contributed by atoms with van der Waals surface area (Å²) in [7, 11) is 1.88. The average Bonchev–Trinajstić information content (AvgIpc) is 3.23. The second-order valence-corrected chi connectivity index (χ2v) is 8.27. The van der Waals surface area contributed by atoms with Crippen molar-refractivity contribution < 1.29 is 4.79 Å². The van der Waals surface area contributed by atoms with Gasteiger partial charge in [-0.15, -0.1) is 11.3 Å². The SMILES string of the molecule is Cc1nn(C)c(C)c1NC(=O)CSc1ncnc2sc3c(c12)CCC3. The van der Waals surface area contributed by atoms with E-state index in [-0.39, 0.29) is 5.91 Å². The first-order chi connectivity index (χ1) is 12.0. The van der Waals surface area contributed by atoms with Crippen LogP contribution in [0, 0.1) is 13.8 Å². The van der Waals surface area contributed by atoms with Crippen molar-refractivity contribution >= 4 is 44.9 Å². The number of aryl methyl sites for hydroxylation is 4. The van der Waals surface area contributed by atoms with Crippen molar-refractivity contribution in [3.05, 3.63) is 28.2 Å². The quantitative estimate of drug-likeness (QED) is 0.561. The third-order valence-corrected chi connectivity index (χ3v) is 6.77. The molecule has 25 heavy (non-hydrogen) atoms. The van der Waals surface area contributed by atoms with E-state index in [1.807, 2.05) is 20.9 Å². The minimum atomic E-state index is -0.0390. The number of nitrogens with one attached hydrogen (secondary N) is 1. The highest BCUT2D eigenvalue weighted by atomic mass is 32.2. The number of nitrogens with zero attached hydrogens (tertiary/aromatic N) is 4. The second kappa shape index (κ2) is 6.42. The number of rotatable bonds is 4. The van der Waals surface area contributed by atoms with Gasteiger partial charge in [-0.2, -0.15) is 5.10 Å². The summed E-state index contributed by atoms with van der Waals surface area (Å²) in [6.45, 7) is 3.85. The topological polar surface area (TPSA) is 72.7 Å². The van der Waals surface area contributed by atoms with Crippen LogP contribution in [0.2, 0.25) is 0 Å². The summed E-state index contributed by atoms with van der Waals surface area (Å²) >= 11 is 3.25. The minimum Gasteiger partial charge on any atom is -0.322 e. The molecular weight excluding hydrogens is 354 g/mol. The van der Waals surface area contributed by atoms with Crippen LogP contribution in [0.4, 0.5) is 5.69 Å². The molecule has 1 aliphatic carbocycles. The smallest absolute Gasteiger partial charge is 0.234 e. The van der Waals surface area contributed by atoms with Crippen LogP contribution in [0.25, 0.3) is 10.2 Å². The van der Waals surface area contributed by atoms with Crippen molar-refractivity contribution in [1.29, 1.82) is 0 Å². The molecule has 0 spiro atoms. The Balaban J connectivity index is 1.52. The fourth-order valence-electron chi connectivity index (χ4n) is 3.27. The van der Waals surface area contributed by atoms with E-state index in [9.17, 15) is 4.79 Å². The summed E-state index contributed by atoms with van der Waals surface area (Å²) in [4.78, 5) is 23.7. The summed E-state index contributed by atoms with van der Waals surface area (Å²) in [5.74, 6) is 0.285. The van der Waals surface area contributed by atoms with E-state index >= 15 is 0 Å². The second-order valence-electron chi connectivity index (χ2n) is 6.22. The molecule has 0 saturated heterocycles. The Morgan fingerprint density at radius 1 is 1.36 bits per heavy atom. The van der Waals surface area contributed by atoms with E-state index in [4.69, 9.17) is 0 Å². The maximum absolute atomic E-state index is 12.4. The predicted octanol–water partition coefficient (Wildman–Crippen LogP) is 3.26. The highest BCUT2D eigenvalue weighted by Crippen LogP contribution is 2.40. The molecule has 130 valence electrons. The van der Waals surface area contributed by atoms with Gasteiger partial charge in [0.1, 0.15) is 16.2 Å². The first-order valence-electron chi connectivity index (χ1n) is 8.22. The molecule has 1 N–H and O–H groups in total. The molecule has 1 amide bonds. The van der Waals surface area contributed by atoms with Gasteiger partial charge in [-0.1, -0.05) is 11.8 Å². The molecule has 0 aliphatic heterocycles. The Bertz CT molecular complexity index is 975. The van der Waals surface area contributed by atoms with Gasteiger partial charge in [0.05, 0.1) is 22.8 Å². The van der Waals surface area contributed by atoms with Crippen LogP contribution in [-0.2, 0) is 24.7 Å². The maximum Gasteiger partial charge on any atom is 0.234 e. The lowest BCUT2D eigenvalue weighted by atomic mass is 10.2. The molecule has 8 heteroatoms. The van der Waals surface area contributed by atoms with E-state index < -0.39 is 0 Å². The number of fused-ring (bicyclic) bond motifs is 3. The predicted molar refractivity (Wildman–Crippen MR) is 101 cm³/mol. The Morgan fingerprint density at radius 2 is 2.20 bits per heavy atom. The minimum absolute atomic E-state index is 0.0390. The highest BCUT2D eigenvalue weighted by molar-refractivity contribution is 8.00. The fraction of sp³-hybridized carbons (Fsp3) is 0.412. The maximum atomic E-state index is 12.4. The van der Waals surface area contributed by atoms with Gasteiger partial charge in [0.2, 0.25) is 5.91 Å². The van der Waals surface area contributed by atoms with Crippen LogP contribution >= 0.6 is 23.1 Å². The molecule has 1 aliphatic rings. The summed E-state index contributed by atoms with van der Waals surface area (Å²) in [6.07, 6.45) is 5.04. The number of anilines is 1. The van der Waals surface area contributed by atoms with Crippen LogP contribution in [-0.4, -0.2) is 31.4 Å². The zero-order valence-corrected chi connectivity index (χ0v) is 16.1. The summed E-state index contributed by atoms with van der Waals surface area (Å²) in [5, 5.41) is 9.39. The van der Waals surface area contributed by atoms with Crippen LogP contribution in [0.15, 0.2) is 11.4 Å². The molecule has 3 heterocycles.